The molecule has 0 fully saturated rings. The molecule has 4 rings (SSSR count). The van der Waals surface area contributed by atoms with E-state index in [1.54, 1.807) is 54.7 Å². The molecule has 0 unspecified atom stereocenters. The number of nitrogens with one attached hydrogen (secondary N) is 2. The van der Waals surface area contributed by atoms with Gasteiger partial charge < -0.3 is 15.5 Å². The van der Waals surface area contributed by atoms with E-state index in [-0.39, 0.29) is 11.8 Å². The van der Waals surface area contributed by atoms with Crippen molar-refractivity contribution in [3.8, 4) is 0 Å². The molecule has 214 valence electrons. The van der Waals surface area contributed by atoms with Crippen molar-refractivity contribution in [1.82, 2.24) is 15.6 Å². The Morgan fingerprint density at radius 2 is 1.31 bits per heavy atom. The van der Waals surface area contributed by atoms with E-state index < -0.39 is 0 Å². The van der Waals surface area contributed by atoms with Gasteiger partial charge in [-0.2, -0.15) is 0 Å². The Bertz CT molecular complexity index is 1450. The summed E-state index contributed by atoms with van der Waals surface area (Å²) in [4.78, 5) is 54.0. The van der Waals surface area contributed by atoms with Gasteiger partial charge in [-0.05, 0) is 49.2 Å². The second-order valence-electron chi connectivity index (χ2n) is 9.15. The number of carbonyl (C=O) groups excluding carboxylic acids is 4. The quantitative estimate of drug-likeness (QED) is 0.106. The molecule has 0 aliphatic rings. The number of hydrogen-bond acceptors (Lipinski definition) is 9. The first-order chi connectivity index (χ1) is 20.6. The molecule has 4 aromatic rings. The summed E-state index contributed by atoms with van der Waals surface area (Å²) in [6.45, 7) is 2.11. The number of hydrogen-bond donors (Lipinski definition) is 2. The molecule has 0 atom stereocenters. The topological polar surface area (TPSA) is 133 Å². The second kappa shape index (κ2) is 15.7. The van der Waals surface area contributed by atoms with Gasteiger partial charge in [0.25, 0.3) is 11.8 Å². The van der Waals surface area contributed by atoms with Gasteiger partial charge >= 0.3 is 0 Å². The van der Waals surface area contributed by atoms with Gasteiger partial charge in [-0.15, -0.1) is 21.6 Å². The van der Waals surface area contributed by atoms with Crippen LogP contribution in [-0.4, -0.2) is 55.5 Å². The van der Waals surface area contributed by atoms with Crippen LogP contribution in [0.15, 0.2) is 94.6 Å². The fourth-order valence-corrected chi connectivity index (χ4v) is 4.67. The van der Waals surface area contributed by atoms with Crippen molar-refractivity contribution in [3.63, 3.8) is 0 Å². The summed E-state index contributed by atoms with van der Waals surface area (Å²) in [5.74, 6) is -0.588. The van der Waals surface area contributed by atoms with E-state index in [2.05, 4.69) is 30.7 Å². The predicted octanol–water partition coefficient (Wildman–Crippen LogP) is 5.63. The summed E-state index contributed by atoms with van der Waals surface area (Å²) >= 11 is 1.40. The third-order valence-electron chi connectivity index (χ3n) is 6.33. The van der Waals surface area contributed by atoms with Gasteiger partial charge in [0.05, 0.1) is 5.69 Å². The van der Waals surface area contributed by atoms with Gasteiger partial charge in [-0.25, -0.2) is 4.98 Å². The fourth-order valence-electron chi connectivity index (χ4n) is 4.21. The highest BCUT2D eigenvalue weighted by Gasteiger charge is 2.13. The summed E-state index contributed by atoms with van der Waals surface area (Å²) in [5.41, 5.74) is 3.04. The highest BCUT2D eigenvalue weighted by atomic mass is 32.1. The van der Waals surface area contributed by atoms with E-state index in [4.69, 9.17) is 0 Å². The number of rotatable bonds is 15. The zero-order valence-electron chi connectivity index (χ0n) is 22.8. The molecule has 0 aliphatic heterocycles. The number of anilines is 1. The minimum Gasteiger partial charge on any atom is -0.371 e. The fraction of sp³-hybridized carbons (Fsp3) is 0.194. The first kappa shape index (κ1) is 29.9. The molecule has 1 heterocycles. The number of aldehydes is 2. The smallest absolute Gasteiger partial charge is 0.252 e. The Balaban J connectivity index is 1.35. The molecular formula is C31H30N6O4S. The van der Waals surface area contributed by atoms with Crippen LogP contribution in [0.3, 0.4) is 0 Å². The molecule has 0 aliphatic carbocycles. The van der Waals surface area contributed by atoms with Crippen LogP contribution in [0.2, 0.25) is 0 Å². The first-order valence-corrected chi connectivity index (χ1v) is 14.3. The van der Waals surface area contributed by atoms with Crippen molar-refractivity contribution in [3.05, 3.63) is 107 Å². The summed E-state index contributed by atoms with van der Waals surface area (Å²) in [7, 11) is 0. The van der Waals surface area contributed by atoms with Crippen LogP contribution >= 0.6 is 11.3 Å². The van der Waals surface area contributed by atoms with E-state index in [0.717, 1.165) is 5.69 Å². The number of aromatic nitrogens is 1. The van der Waals surface area contributed by atoms with Crippen LogP contribution in [-0.2, 0) is 0 Å². The minimum absolute atomic E-state index is 0.294. The number of carbonyl (C=O) groups is 4. The molecule has 3 aromatic carbocycles. The molecule has 2 N–H and O–H groups in total. The van der Waals surface area contributed by atoms with Crippen molar-refractivity contribution in [1.29, 1.82) is 0 Å². The number of nitrogens with zero attached hydrogens (tertiary/aromatic N) is 4. The summed E-state index contributed by atoms with van der Waals surface area (Å²) in [5, 5.41) is 16.6. The second-order valence-corrected chi connectivity index (χ2v) is 10.0. The Kier molecular flexibility index (Phi) is 11.2. The third-order valence-corrected chi connectivity index (χ3v) is 6.99. The Hall–Kier alpha value is -5.03. The van der Waals surface area contributed by atoms with Crippen molar-refractivity contribution >= 4 is 52.2 Å². The van der Waals surface area contributed by atoms with Crippen molar-refractivity contribution in [2.45, 2.75) is 12.8 Å². The van der Waals surface area contributed by atoms with Crippen LogP contribution in [0.4, 0.5) is 16.5 Å². The summed E-state index contributed by atoms with van der Waals surface area (Å²) < 4.78 is 0. The lowest BCUT2D eigenvalue weighted by molar-refractivity contribution is 0.0942. The van der Waals surface area contributed by atoms with E-state index in [1.807, 2.05) is 29.6 Å². The van der Waals surface area contributed by atoms with Crippen LogP contribution in [0.5, 0.6) is 0 Å². The van der Waals surface area contributed by atoms with E-state index in [9.17, 15) is 19.2 Å². The number of amides is 2. The highest BCUT2D eigenvalue weighted by molar-refractivity contribution is 7.13. The molecule has 42 heavy (non-hydrogen) atoms. The monoisotopic (exact) mass is 582 g/mol. The molecule has 10 nitrogen and oxygen atoms in total. The highest BCUT2D eigenvalue weighted by Crippen LogP contribution is 2.23. The third kappa shape index (κ3) is 8.48. The molecule has 0 saturated heterocycles. The largest absolute Gasteiger partial charge is 0.371 e. The lowest BCUT2D eigenvalue weighted by Crippen LogP contribution is -2.33. The van der Waals surface area contributed by atoms with Crippen LogP contribution < -0.4 is 15.5 Å². The Morgan fingerprint density at radius 3 is 1.81 bits per heavy atom. The van der Waals surface area contributed by atoms with Gasteiger partial charge in [0.15, 0.2) is 12.6 Å². The van der Waals surface area contributed by atoms with Gasteiger partial charge in [0.2, 0.25) is 5.13 Å². The summed E-state index contributed by atoms with van der Waals surface area (Å²) in [6, 6.07) is 21.0. The first-order valence-electron chi connectivity index (χ1n) is 13.4. The molecule has 1 aromatic heterocycles. The maximum Gasteiger partial charge on any atom is 0.252 e. The van der Waals surface area contributed by atoms with Gasteiger partial charge in [-0.3, -0.25) is 19.2 Å². The number of azo groups is 1. The zero-order chi connectivity index (χ0) is 29.6. The van der Waals surface area contributed by atoms with E-state index in [0.29, 0.717) is 84.7 Å². The molecule has 0 spiro atoms. The molecule has 11 heteroatoms. The lowest BCUT2D eigenvalue weighted by atomic mass is 10.1. The van der Waals surface area contributed by atoms with Gasteiger partial charge in [0, 0.05) is 65.7 Å². The normalized spacial score (nSPS) is 10.8. The van der Waals surface area contributed by atoms with Crippen LogP contribution in [0.1, 0.15) is 54.3 Å². The van der Waals surface area contributed by atoms with Crippen LogP contribution in [0.25, 0.3) is 0 Å². The number of thiazole rings is 1. The zero-order valence-corrected chi connectivity index (χ0v) is 23.6. The van der Waals surface area contributed by atoms with Crippen molar-refractivity contribution < 1.29 is 19.2 Å². The van der Waals surface area contributed by atoms with Crippen LogP contribution in [0, 0.1) is 0 Å². The lowest BCUT2D eigenvalue weighted by Gasteiger charge is -2.25. The predicted molar refractivity (Wildman–Crippen MR) is 163 cm³/mol. The van der Waals surface area contributed by atoms with Gasteiger partial charge in [-0.1, -0.05) is 36.4 Å². The Morgan fingerprint density at radius 1 is 0.762 bits per heavy atom. The maximum atomic E-state index is 12.6. The standard InChI is InChI=1S/C31H30N6O4S/c38-21-23-7-1-3-9-27(23)29(40)32-15-5-18-37(19-6-16-33-30(41)28-10-4-2-8-24(28)22-39)26-13-11-25(12-14-26)35-36-31-34-17-20-42-31/h1-4,7-14,17,20-22H,5-6,15-16,18-19H2,(H,32,40)(H,33,41). The Labute approximate surface area is 247 Å². The molecule has 0 bridgehead atoms. The molecule has 2 amide bonds. The van der Waals surface area contributed by atoms with Crippen molar-refractivity contribution in [2.24, 2.45) is 10.2 Å². The SMILES string of the molecule is O=Cc1ccccc1C(=O)NCCCN(CCCNC(=O)c1ccccc1C=O)c1ccc(N=Nc2nccs2)cc1. The molecule has 0 saturated carbocycles. The average molecular weight is 583 g/mol. The van der Waals surface area contributed by atoms with E-state index in [1.165, 1.54) is 11.3 Å². The maximum absolute atomic E-state index is 12.6. The summed E-state index contributed by atoms with van der Waals surface area (Å²) in [6.07, 6.45) is 4.33. The minimum atomic E-state index is -0.294. The molecular weight excluding hydrogens is 552 g/mol. The van der Waals surface area contributed by atoms with E-state index >= 15 is 0 Å². The molecule has 0 radical (unpaired) electrons. The van der Waals surface area contributed by atoms with Gasteiger partial charge in [0.1, 0.15) is 0 Å². The van der Waals surface area contributed by atoms with Crippen molar-refractivity contribution in [2.75, 3.05) is 31.1 Å². The average Bonchev–Trinajstić information content (AvgIpc) is 3.57. The number of benzene rings is 3.